The van der Waals surface area contributed by atoms with Gasteiger partial charge in [-0.1, -0.05) is 0 Å². The number of likely N-dealkylation sites (tertiary alicyclic amines) is 1. The fraction of sp³-hybridized carbons (Fsp3) is 0.409. The Kier molecular flexibility index (Phi) is 6.82. The normalized spacial score (nSPS) is 16.3. The van der Waals surface area contributed by atoms with Crippen molar-refractivity contribution in [2.75, 3.05) is 46.8 Å². The van der Waals surface area contributed by atoms with Crippen LogP contribution >= 0.6 is 0 Å². The molecule has 0 radical (unpaired) electrons. The van der Waals surface area contributed by atoms with E-state index in [0.717, 1.165) is 36.4 Å². The predicted molar refractivity (Wildman–Crippen MR) is 111 cm³/mol. The summed E-state index contributed by atoms with van der Waals surface area (Å²) < 4.78 is 21.5. The highest BCUT2D eigenvalue weighted by Crippen LogP contribution is 2.38. The molecule has 29 heavy (non-hydrogen) atoms. The lowest BCUT2D eigenvalue weighted by molar-refractivity contribution is -0.117. The van der Waals surface area contributed by atoms with E-state index in [4.69, 9.17) is 18.9 Å². The Morgan fingerprint density at radius 3 is 2.38 bits per heavy atom. The van der Waals surface area contributed by atoms with E-state index in [2.05, 4.69) is 10.2 Å². The highest BCUT2D eigenvalue weighted by molar-refractivity contribution is 5.92. The minimum Gasteiger partial charge on any atom is -0.497 e. The topological polar surface area (TPSA) is 69.3 Å². The smallest absolute Gasteiger partial charge is 0.238 e. The van der Waals surface area contributed by atoms with Crippen molar-refractivity contribution in [1.82, 2.24) is 4.90 Å². The molecular weight excluding hydrogens is 372 g/mol. The number of carbonyl (C=O) groups is 1. The van der Waals surface area contributed by atoms with Crippen LogP contribution in [0.4, 0.5) is 5.69 Å². The van der Waals surface area contributed by atoms with E-state index in [1.165, 1.54) is 0 Å². The standard InChI is InChI=1S/C22H28N2O5/c1-26-16-8-10-19(27-2)17(13-16)18-6-5-11-24(18)14-22(25)23-15-7-9-20(28-3)21(12-15)29-4/h7-10,12-13,18H,5-6,11,14H2,1-4H3,(H,23,25)/t18-/m1/s1. The highest BCUT2D eigenvalue weighted by atomic mass is 16.5. The number of nitrogens with one attached hydrogen (secondary N) is 1. The summed E-state index contributed by atoms with van der Waals surface area (Å²) in [4.78, 5) is 14.9. The van der Waals surface area contributed by atoms with Crippen LogP contribution < -0.4 is 24.3 Å². The molecule has 0 unspecified atom stereocenters. The predicted octanol–water partition coefficient (Wildman–Crippen LogP) is 3.50. The zero-order valence-corrected chi connectivity index (χ0v) is 17.4. The van der Waals surface area contributed by atoms with Crippen molar-refractivity contribution in [2.45, 2.75) is 18.9 Å². The van der Waals surface area contributed by atoms with E-state index in [1.54, 1.807) is 46.6 Å². The van der Waals surface area contributed by atoms with Crippen LogP contribution in [0, 0.1) is 0 Å². The molecule has 0 aliphatic carbocycles. The molecule has 0 bridgehead atoms. The number of carbonyl (C=O) groups excluding carboxylic acids is 1. The first kappa shape index (κ1) is 20.8. The Morgan fingerprint density at radius 2 is 1.69 bits per heavy atom. The van der Waals surface area contributed by atoms with Gasteiger partial charge in [0.15, 0.2) is 11.5 Å². The summed E-state index contributed by atoms with van der Waals surface area (Å²) in [6.45, 7) is 1.14. The molecule has 0 aromatic heterocycles. The van der Waals surface area contributed by atoms with Gasteiger partial charge in [-0.05, 0) is 49.7 Å². The average Bonchev–Trinajstić information content (AvgIpc) is 3.20. The molecule has 1 heterocycles. The first-order valence-corrected chi connectivity index (χ1v) is 9.57. The second-order valence-electron chi connectivity index (χ2n) is 6.85. The summed E-state index contributed by atoms with van der Waals surface area (Å²) >= 11 is 0. The quantitative estimate of drug-likeness (QED) is 0.732. The van der Waals surface area contributed by atoms with Crippen molar-refractivity contribution in [3.05, 3.63) is 42.0 Å². The Balaban J connectivity index is 1.72. The maximum Gasteiger partial charge on any atom is 0.238 e. The number of hydrogen-bond acceptors (Lipinski definition) is 6. The fourth-order valence-corrected chi connectivity index (χ4v) is 3.77. The molecule has 7 heteroatoms. The third-order valence-electron chi connectivity index (χ3n) is 5.17. The zero-order chi connectivity index (χ0) is 20.8. The summed E-state index contributed by atoms with van der Waals surface area (Å²) in [5.74, 6) is 2.71. The van der Waals surface area contributed by atoms with E-state index >= 15 is 0 Å². The van der Waals surface area contributed by atoms with Gasteiger partial charge >= 0.3 is 0 Å². The van der Waals surface area contributed by atoms with Crippen LogP contribution in [0.25, 0.3) is 0 Å². The van der Waals surface area contributed by atoms with Gasteiger partial charge in [0.1, 0.15) is 11.5 Å². The van der Waals surface area contributed by atoms with Gasteiger partial charge in [0.2, 0.25) is 5.91 Å². The second-order valence-corrected chi connectivity index (χ2v) is 6.85. The van der Waals surface area contributed by atoms with Gasteiger partial charge in [-0.15, -0.1) is 0 Å². The van der Waals surface area contributed by atoms with Crippen LogP contribution in [0.3, 0.4) is 0 Å². The maximum atomic E-state index is 12.7. The molecule has 1 saturated heterocycles. The summed E-state index contributed by atoms with van der Waals surface area (Å²) in [5, 5.41) is 2.95. The van der Waals surface area contributed by atoms with Crippen LogP contribution in [0.5, 0.6) is 23.0 Å². The van der Waals surface area contributed by atoms with Crippen LogP contribution in [0.1, 0.15) is 24.4 Å². The Bertz CT molecular complexity index is 855. The summed E-state index contributed by atoms with van der Waals surface area (Å²) in [5.41, 5.74) is 1.71. The summed E-state index contributed by atoms with van der Waals surface area (Å²) in [6, 6.07) is 11.2. The minimum absolute atomic E-state index is 0.0778. The SMILES string of the molecule is COc1ccc(OC)c([C@H]2CCCN2CC(=O)Nc2ccc(OC)c(OC)c2)c1. The molecule has 2 aromatic carbocycles. The van der Waals surface area contributed by atoms with Gasteiger partial charge in [0.25, 0.3) is 0 Å². The number of anilines is 1. The third kappa shape index (κ3) is 4.74. The lowest BCUT2D eigenvalue weighted by Gasteiger charge is -2.26. The molecule has 7 nitrogen and oxygen atoms in total. The molecule has 1 amide bonds. The zero-order valence-electron chi connectivity index (χ0n) is 17.4. The number of rotatable bonds is 8. The van der Waals surface area contributed by atoms with Crippen LogP contribution in [-0.4, -0.2) is 52.3 Å². The molecule has 1 atom stereocenters. The Morgan fingerprint density at radius 1 is 0.966 bits per heavy atom. The van der Waals surface area contributed by atoms with Gasteiger partial charge in [-0.2, -0.15) is 0 Å². The van der Waals surface area contributed by atoms with Gasteiger partial charge < -0.3 is 24.3 Å². The molecule has 0 spiro atoms. The van der Waals surface area contributed by atoms with Crippen LogP contribution in [0.2, 0.25) is 0 Å². The van der Waals surface area contributed by atoms with E-state index < -0.39 is 0 Å². The van der Waals surface area contributed by atoms with Crippen molar-refractivity contribution >= 4 is 11.6 Å². The lowest BCUT2D eigenvalue weighted by atomic mass is 10.0. The van der Waals surface area contributed by atoms with Gasteiger partial charge in [-0.25, -0.2) is 0 Å². The van der Waals surface area contributed by atoms with Gasteiger partial charge in [0.05, 0.1) is 35.0 Å². The maximum absolute atomic E-state index is 12.7. The molecular formula is C22H28N2O5. The second kappa shape index (κ2) is 9.52. The summed E-state index contributed by atoms with van der Waals surface area (Å²) in [7, 11) is 6.46. The lowest BCUT2D eigenvalue weighted by Crippen LogP contribution is -2.33. The van der Waals surface area contributed by atoms with Crippen molar-refractivity contribution in [2.24, 2.45) is 0 Å². The first-order chi connectivity index (χ1) is 14.1. The molecule has 0 saturated carbocycles. The number of benzene rings is 2. The summed E-state index contributed by atoms with van der Waals surface area (Å²) in [6.07, 6.45) is 1.99. The highest BCUT2D eigenvalue weighted by Gasteiger charge is 2.30. The van der Waals surface area contributed by atoms with Crippen LogP contribution in [-0.2, 0) is 4.79 Å². The van der Waals surface area contributed by atoms with Gasteiger partial charge in [0, 0.05) is 23.4 Å². The van der Waals surface area contributed by atoms with Gasteiger partial charge in [-0.3, -0.25) is 9.69 Å². The first-order valence-electron chi connectivity index (χ1n) is 9.57. The van der Waals surface area contributed by atoms with Crippen molar-refractivity contribution < 1.29 is 23.7 Å². The van der Waals surface area contributed by atoms with E-state index in [1.807, 2.05) is 18.2 Å². The third-order valence-corrected chi connectivity index (χ3v) is 5.17. The van der Waals surface area contributed by atoms with Crippen molar-refractivity contribution in [3.63, 3.8) is 0 Å². The Labute approximate surface area is 171 Å². The number of hydrogen-bond donors (Lipinski definition) is 1. The van der Waals surface area contributed by atoms with Crippen LogP contribution in [0.15, 0.2) is 36.4 Å². The Hall–Kier alpha value is -2.93. The number of methoxy groups -OCH3 is 4. The monoisotopic (exact) mass is 400 g/mol. The number of ether oxygens (including phenoxy) is 4. The molecule has 2 aromatic rings. The van der Waals surface area contributed by atoms with Crippen molar-refractivity contribution in [1.29, 1.82) is 0 Å². The molecule has 1 aliphatic heterocycles. The van der Waals surface area contributed by atoms with E-state index in [0.29, 0.717) is 23.7 Å². The molecule has 1 N–H and O–H groups in total. The molecule has 3 rings (SSSR count). The minimum atomic E-state index is -0.0778. The van der Waals surface area contributed by atoms with E-state index in [-0.39, 0.29) is 11.9 Å². The average molecular weight is 400 g/mol. The van der Waals surface area contributed by atoms with E-state index in [9.17, 15) is 4.79 Å². The fourth-order valence-electron chi connectivity index (χ4n) is 3.77. The largest absolute Gasteiger partial charge is 0.497 e. The molecule has 156 valence electrons. The molecule has 1 aliphatic rings. The van der Waals surface area contributed by atoms with Crippen molar-refractivity contribution in [3.8, 4) is 23.0 Å². The number of amides is 1. The number of nitrogens with zero attached hydrogens (tertiary/aromatic N) is 1. The molecule has 1 fully saturated rings.